The van der Waals surface area contributed by atoms with Crippen molar-refractivity contribution in [1.82, 2.24) is 5.32 Å². The summed E-state index contributed by atoms with van der Waals surface area (Å²) in [5.74, 6) is 1.49. The second-order valence-electron chi connectivity index (χ2n) is 6.38. The number of carbonyl (C=O) groups excluding carboxylic acids is 1. The van der Waals surface area contributed by atoms with Gasteiger partial charge in [0.25, 0.3) is 0 Å². The Morgan fingerprint density at radius 1 is 1.41 bits per heavy atom. The summed E-state index contributed by atoms with van der Waals surface area (Å²) in [7, 11) is 0. The van der Waals surface area contributed by atoms with E-state index in [1.54, 1.807) is 0 Å². The first-order chi connectivity index (χ1) is 10.6. The van der Waals surface area contributed by atoms with Crippen molar-refractivity contribution in [1.29, 1.82) is 0 Å². The fraction of sp³-hybridized carbons (Fsp3) is 0.588. The Bertz CT molecular complexity index is 561. The van der Waals surface area contributed by atoms with Gasteiger partial charge in [-0.2, -0.15) is 0 Å². The largest absolute Gasteiger partial charge is 0.467 e. The highest BCUT2D eigenvalue weighted by Gasteiger charge is 2.22. The van der Waals surface area contributed by atoms with Crippen LogP contribution in [0.5, 0.6) is 5.75 Å². The lowest BCUT2D eigenvalue weighted by Gasteiger charge is -2.27. The fourth-order valence-electron chi connectivity index (χ4n) is 3.40. The molecule has 1 aliphatic carbocycles. The first kappa shape index (κ1) is 15.6. The highest BCUT2D eigenvalue weighted by atomic mass is 35.5. The maximum absolute atomic E-state index is 12.3. The van der Waals surface area contributed by atoms with Crippen molar-refractivity contribution in [2.75, 3.05) is 6.79 Å². The molecule has 0 aromatic heterocycles. The molecule has 0 unspecified atom stereocenters. The molecule has 120 valence electrons. The molecular formula is C17H22ClNO3. The lowest BCUT2D eigenvalue weighted by atomic mass is 9.87. The Hall–Kier alpha value is -1.26. The summed E-state index contributed by atoms with van der Waals surface area (Å²) in [6, 6.07) is 3.95. The summed E-state index contributed by atoms with van der Waals surface area (Å²) in [5.41, 5.74) is 1.75. The minimum Gasteiger partial charge on any atom is -0.467 e. The van der Waals surface area contributed by atoms with Gasteiger partial charge in [0.1, 0.15) is 5.75 Å². The summed E-state index contributed by atoms with van der Waals surface area (Å²) in [6.07, 6.45) is 4.91. The highest BCUT2D eigenvalue weighted by Crippen LogP contribution is 2.32. The number of amides is 1. The normalized spacial score (nSPS) is 24.3. The smallest absolute Gasteiger partial charge is 0.224 e. The summed E-state index contributed by atoms with van der Waals surface area (Å²) in [6.45, 7) is 2.95. The summed E-state index contributed by atoms with van der Waals surface area (Å²) in [5, 5.41) is 3.77. The van der Waals surface area contributed by atoms with E-state index in [2.05, 4.69) is 12.2 Å². The number of ether oxygens (including phenoxy) is 2. The molecule has 4 nitrogen and oxygen atoms in total. The molecule has 3 rings (SSSR count). The Balaban J connectivity index is 1.67. The second-order valence-corrected chi connectivity index (χ2v) is 6.81. The third kappa shape index (κ3) is 3.73. The lowest BCUT2D eigenvalue weighted by Crippen LogP contribution is -2.38. The summed E-state index contributed by atoms with van der Waals surface area (Å²) >= 11 is 6.13. The van der Waals surface area contributed by atoms with Crippen LogP contribution in [-0.2, 0) is 22.6 Å². The Kier molecular flexibility index (Phi) is 4.89. The van der Waals surface area contributed by atoms with Crippen LogP contribution in [0.1, 0.15) is 43.7 Å². The van der Waals surface area contributed by atoms with Crippen molar-refractivity contribution in [3.8, 4) is 5.75 Å². The Morgan fingerprint density at radius 2 is 2.27 bits per heavy atom. The van der Waals surface area contributed by atoms with Crippen molar-refractivity contribution >= 4 is 17.5 Å². The summed E-state index contributed by atoms with van der Waals surface area (Å²) < 4.78 is 10.8. The quantitative estimate of drug-likeness (QED) is 0.927. The molecule has 1 aromatic rings. The first-order valence-corrected chi connectivity index (χ1v) is 8.31. The Labute approximate surface area is 136 Å². The molecule has 2 atom stereocenters. The van der Waals surface area contributed by atoms with E-state index in [0.717, 1.165) is 29.7 Å². The van der Waals surface area contributed by atoms with E-state index in [9.17, 15) is 4.79 Å². The van der Waals surface area contributed by atoms with Gasteiger partial charge in [-0.3, -0.25) is 4.79 Å². The van der Waals surface area contributed by atoms with Gasteiger partial charge in [0.15, 0.2) is 6.79 Å². The maximum atomic E-state index is 12.3. The van der Waals surface area contributed by atoms with Crippen LogP contribution in [-0.4, -0.2) is 18.7 Å². The molecule has 0 saturated heterocycles. The van der Waals surface area contributed by atoms with Crippen molar-refractivity contribution in [3.05, 3.63) is 28.3 Å². The number of fused-ring (bicyclic) bond motifs is 1. The van der Waals surface area contributed by atoms with Crippen molar-refractivity contribution in [3.63, 3.8) is 0 Å². The van der Waals surface area contributed by atoms with E-state index in [-0.39, 0.29) is 12.7 Å². The number of rotatable bonds is 3. The van der Waals surface area contributed by atoms with Gasteiger partial charge >= 0.3 is 0 Å². The van der Waals surface area contributed by atoms with E-state index < -0.39 is 0 Å². The van der Waals surface area contributed by atoms with Crippen LogP contribution in [0.25, 0.3) is 0 Å². The highest BCUT2D eigenvalue weighted by molar-refractivity contribution is 6.30. The van der Waals surface area contributed by atoms with Gasteiger partial charge in [-0.05, 0) is 30.9 Å². The molecule has 22 heavy (non-hydrogen) atoms. The number of halogens is 1. The minimum absolute atomic E-state index is 0.0404. The predicted octanol–water partition coefficient (Wildman–Crippen LogP) is 3.44. The van der Waals surface area contributed by atoms with Crippen molar-refractivity contribution in [2.45, 2.75) is 51.7 Å². The van der Waals surface area contributed by atoms with Gasteiger partial charge in [0.05, 0.1) is 13.0 Å². The van der Waals surface area contributed by atoms with Crippen LogP contribution in [0.4, 0.5) is 0 Å². The van der Waals surface area contributed by atoms with Gasteiger partial charge in [0, 0.05) is 22.2 Å². The van der Waals surface area contributed by atoms with Gasteiger partial charge in [-0.1, -0.05) is 31.4 Å². The molecule has 1 amide bonds. The third-order valence-electron chi connectivity index (χ3n) is 4.40. The van der Waals surface area contributed by atoms with Crippen LogP contribution >= 0.6 is 11.6 Å². The number of nitrogens with one attached hydrogen (secondary N) is 1. The van der Waals surface area contributed by atoms with Crippen LogP contribution in [0.3, 0.4) is 0 Å². The van der Waals surface area contributed by atoms with Gasteiger partial charge in [-0.25, -0.2) is 0 Å². The van der Waals surface area contributed by atoms with Gasteiger partial charge < -0.3 is 14.8 Å². The number of benzene rings is 1. The number of carbonyl (C=O) groups is 1. The fourth-order valence-corrected chi connectivity index (χ4v) is 3.67. The van der Waals surface area contributed by atoms with E-state index in [0.29, 0.717) is 30.0 Å². The van der Waals surface area contributed by atoms with E-state index in [1.807, 2.05) is 12.1 Å². The molecule has 0 bridgehead atoms. The average Bonchev–Trinajstić information content (AvgIpc) is 2.47. The molecule has 1 aliphatic heterocycles. The molecule has 5 heteroatoms. The number of hydrogen-bond acceptors (Lipinski definition) is 3. The molecule has 1 heterocycles. The predicted molar refractivity (Wildman–Crippen MR) is 85.0 cm³/mol. The SMILES string of the molecule is C[C@@H]1CCC[C@@H](NC(=O)Cc2cc(Cl)cc3c2OCOC3)C1. The average molecular weight is 324 g/mol. The molecule has 0 spiro atoms. The lowest BCUT2D eigenvalue weighted by molar-refractivity contribution is -0.121. The second kappa shape index (κ2) is 6.88. The van der Waals surface area contributed by atoms with Crippen LogP contribution in [0, 0.1) is 5.92 Å². The van der Waals surface area contributed by atoms with Gasteiger partial charge in [0.2, 0.25) is 5.91 Å². The topological polar surface area (TPSA) is 47.6 Å². The van der Waals surface area contributed by atoms with Gasteiger partial charge in [-0.15, -0.1) is 0 Å². The van der Waals surface area contributed by atoms with E-state index >= 15 is 0 Å². The molecule has 1 N–H and O–H groups in total. The summed E-state index contributed by atoms with van der Waals surface area (Å²) in [4.78, 5) is 12.3. The number of hydrogen-bond donors (Lipinski definition) is 1. The van der Waals surface area contributed by atoms with Crippen LogP contribution in [0.15, 0.2) is 12.1 Å². The molecule has 2 aliphatic rings. The molecular weight excluding hydrogens is 302 g/mol. The van der Waals surface area contributed by atoms with Crippen molar-refractivity contribution < 1.29 is 14.3 Å². The maximum Gasteiger partial charge on any atom is 0.224 e. The zero-order valence-electron chi connectivity index (χ0n) is 12.9. The molecule has 1 saturated carbocycles. The van der Waals surface area contributed by atoms with E-state index in [4.69, 9.17) is 21.1 Å². The first-order valence-electron chi connectivity index (χ1n) is 7.93. The zero-order valence-corrected chi connectivity index (χ0v) is 13.6. The standard InChI is InChI=1S/C17H22ClNO3/c1-11-3-2-4-15(5-11)19-16(20)8-12-6-14(18)7-13-9-21-10-22-17(12)13/h6-7,11,15H,2-5,8-10H2,1H3,(H,19,20)/t11-,15-/m1/s1. The molecule has 1 aromatic carbocycles. The minimum atomic E-state index is 0.0404. The van der Waals surface area contributed by atoms with E-state index in [1.165, 1.54) is 12.8 Å². The monoisotopic (exact) mass is 323 g/mol. The van der Waals surface area contributed by atoms with Crippen LogP contribution in [0.2, 0.25) is 5.02 Å². The third-order valence-corrected chi connectivity index (χ3v) is 4.62. The van der Waals surface area contributed by atoms with Crippen LogP contribution < -0.4 is 10.1 Å². The molecule has 0 radical (unpaired) electrons. The Morgan fingerprint density at radius 3 is 3.09 bits per heavy atom. The van der Waals surface area contributed by atoms with Crippen molar-refractivity contribution in [2.24, 2.45) is 5.92 Å². The zero-order chi connectivity index (χ0) is 15.5. The molecule has 1 fully saturated rings.